The highest BCUT2D eigenvalue weighted by atomic mass is 16.5. The molecule has 0 aromatic heterocycles. The summed E-state index contributed by atoms with van der Waals surface area (Å²) in [4.78, 5) is 14.4. The van der Waals surface area contributed by atoms with Crippen LogP contribution in [0.3, 0.4) is 0 Å². The zero-order valence-electron chi connectivity index (χ0n) is 12.3. The fourth-order valence-electron chi connectivity index (χ4n) is 3.04. The van der Waals surface area contributed by atoms with E-state index in [1.807, 2.05) is 19.1 Å². The Labute approximate surface area is 115 Å². The maximum Gasteiger partial charge on any atom is 0.162 e. The van der Waals surface area contributed by atoms with E-state index in [-0.39, 0.29) is 5.78 Å². The second-order valence-corrected chi connectivity index (χ2v) is 5.36. The van der Waals surface area contributed by atoms with E-state index in [0.29, 0.717) is 12.5 Å². The molecule has 1 aliphatic carbocycles. The van der Waals surface area contributed by atoms with Crippen LogP contribution in [0.4, 0.5) is 0 Å². The van der Waals surface area contributed by atoms with Gasteiger partial charge in [0.2, 0.25) is 0 Å². The van der Waals surface area contributed by atoms with Gasteiger partial charge < -0.3 is 9.64 Å². The van der Waals surface area contributed by atoms with Gasteiger partial charge in [-0.3, -0.25) is 4.79 Å². The van der Waals surface area contributed by atoms with Gasteiger partial charge in [-0.1, -0.05) is 6.92 Å². The van der Waals surface area contributed by atoms with Crippen LogP contribution in [0, 0.1) is 0 Å². The van der Waals surface area contributed by atoms with Gasteiger partial charge in [0.05, 0.1) is 7.11 Å². The van der Waals surface area contributed by atoms with Crippen LogP contribution in [-0.4, -0.2) is 31.9 Å². The summed E-state index contributed by atoms with van der Waals surface area (Å²) in [6, 6.07) is 4.20. The Kier molecular flexibility index (Phi) is 4.25. The van der Waals surface area contributed by atoms with Crippen molar-refractivity contribution in [2.45, 2.75) is 38.6 Å². The molecule has 2 rings (SSSR count). The molecule has 3 nitrogen and oxygen atoms in total. The number of methoxy groups -OCH3 is 1. The van der Waals surface area contributed by atoms with Crippen molar-refractivity contribution in [2.24, 2.45) is 0 Å². The average molecular weight is 261 g/mol. The molecule has 1 aromatic carbocycles. The molecule has 0 saturated carbocycles. The minimum atomic E-state index is 0.229. The summed E-state index contributed by atoms with van der Waals surface area (Å²) in [5.74, 6) is 1.15. The molecule has 0 spiro atoms. The van der Waals surface area contributed by atoms with E-state index in [4.69, 9.17) is 4.74 Å². The molecule has 0 amide bonds. The lowest BCUT2D eigenvalue weighted by molar-refractivity contribution is 0.0984. The lowest BCUT2D eigenvalue weighted by Gasteiger charge is -2.33. The number of ether oxygens (including phenoxy) is 1. The normalized spacial score (nSPS) is 18.3. The van der Waals surface area contributed by atoms with E-state index in [1.165, 1.54) is 11.1 Å². The lowest BCUT2D eigenvalue weighted by atomic mass is 9.82. The van der Waals surface area contributed by atoms with Crippen LogP contribution in [0.1, 0.15) is 53.7 Å². The second kappa shape index (κ2) is 5.74. The number of rotatable bonds is 4. The molecule has 104 valence electrons. The van der Waals surface area contributed by atoms with Crippen molar-refractivity contribution >= 4 is 5.78 Å². The van der Waals surface area contributed by atoms with E-state index in [1.54, 1.807) is 7.11 Å². The molecule has 0 aliphatic heterocycles. The number of carbonyl (C=O) groups excluding carboxylic acids is 1. The third kappa shape index (κ3) is 2.52. The van der Waals surface area contributed by atoms with E-state index in [2.05, 4.69) is 19.0 Å². The van der Waals surface area contributed by atoms with Crippen molar-refractivity contribution in [1.82, 2.24) is 4.90 Å². The number of hydrogen-bond acceptors (Lipinski definition) is 3. The summed E-state index contributed by atoms with van der Waals surface area (Å²) in [6.07, 6.45) is 3.82. The molecule has 0 radical (unpaired) electrons. The molecule has 0 bridgehead atoms. The Morgan fingerprint density at radius 1 is 1.42 bits per heavy atom. The largest absolute Gasteiger partial charge is 0.496 e. The molecule has 1 aliphatic rings. The number of fused-ring (bicyclic) bond motifs is 1. The summed E-state index contributed by atoms with van der Waals surface area (Å²) in [5.41, 5.74) is 3.31. The Balaban J connectivity index is 2.62. The van der Waals surface area contributed by atoms with Gasteiger partial charge in [-0.2, -0.15) is 0 Å². The zero-order chi connectivity index (χ0) is 14.0. The molecule has 19 heavy (non-hydrogen) atoms. The smallest absolute Gasteiger partial charge is 0.162 e. The Hall–Kier alpha value is -1.35. The van der Waals surface area contributed by atoms with Gasteiger partial charge in [-0.05, 0) is 56.6 Å². The van der Waals surface area contributed by atoms with E-state index >= 15 is 0 Å². The maximum absolute atomic E-state index is 12.2. The highest BCUT2D eigenvalue weighted by Crippen LogP contribution is 2.40. The lowest BCUT2D eigenvalue weighted by Crippen LogP contribution is -2.26. The maximum atomic E-state index is 12.2. The third-order valence-electron chi connectivity index (χ3n) is 4.02. The van der Waals surface area contributed by atoms with Crippen LogP contribution >= 0.6 is 0 Å². The number of hydrogen-bond donors (Lipinski definition) is 0. The molecule has 1 aromatic rings. The summed E-state index contributed by atoms with van der Waals surface area (Å²) in [5, 5.41) is 0. The van der Waals surface area contributed by atoms with Crippen LogP contribution in [-0.2, 0) is 6.42 Å². The van der Waals surface area contributed by atoms with Crippen molar-refractivity contribution in [3.63, 3.8) is 0 Å². The van der Waals surface area contributed by atoms with Gasteiger partial charge in [0, 0.05) is 18.0 Å². The monoisotopic (exact) mass is 261 g/mol. The summed E-state index contributed by atoms with van der Waals surface area (Å²) < 4.78 is 5.48. The summed E-state index contributed by atoms with van der Waals surface area (Å²) in [6.45, 7) is 1.92. The third-order valence-corrected chi connectivity index (χ3v) is 4.02. The van der Waals surface area contributed by atoms with Gasteiger partial charge in [-0.25, -0.2) is 0 Å². The first-order valence-electron chi connectivity index (χ1n) is 6.99. The van der Waals surface area contributed by atoms with Crippen LogP contribution in [0.15, 0.2) is 12.1 Å². The number of Topliss-reactive ketones (excluding diaryl/α,β-unsaturated/α-hetero) is 1. The fraction of sp³-hybridized carbons (Fsp3) is 0.562. The highest BCUT2D eigenvalue weighted by Gasteiger charge is 2.28. The number of ketones is 1. The number of benzene rings is 1. The summed E-state index contributed by atoms with van der Waals surface area (Å²) >= 11 is 0. The predicted molar refractivity (Wildman–Crippen MR) is 77.0 cm³/mol. The molecule has 0 heterocycles. The first-order chi connectivity index (χ1) is 9.10. The van der Waals surface area contributed by atoms with Crippen LogP contribution < -0.4 is 4.74 Å². The van der Waals surface area contributed by atoms with E-state index in [0.717, 1.165) is 30.6 Å². The van der Waals surface area contributed by atoms with Gasteiger partial charge in [0.1, 0.15) is 5.75 Å². The van der Waals surface area contributed by atoms with Gasteiger partial charge in [0.25, 0.3) is 0 Å². The molecule has 0 saturated heterocycles. The predicted octanol–water partition coefficient (Wildman–Crippen LogP) is 3.23. The molecule has 3 heteroatoms. The number of carbonyl (C=O) groups is 1. The minimum absolute atomic E-state index is 0.229. The highest BCUT2D eigenvalue weighted by molar-refractivity contribution is 5.98. The first-order valence-corrected chi connectivity index (χ1v) is 6.99. The van der Waals surface area contributed by atoms with E-state index in [9.17, 15) is 4.79 Å². The van der Waals surface area contributed by atoms with Crippen molar-refractivity contribution in [3.05, 3.63) is 28.8 Å². The van der Waals surface area contributed by atoms with Crippen molar-refractivity contribution in [3.8, 4) is 5.75 Å². The molecular weight excluding hydrogens is 238 g/mol. The molecule has 1 unspecified atom stereocenters. The second-order valence-electron chi connectivity index (χ2n) is 5.36. The fourth-order valence-corrected chi connectivity index (χ4v) is 3.04. The molecule has 1 atom stereocenters. The van der Waals surface area contributed by atoms with E-state index < -0.39 is 0 Å². The molecular formula is C16H23NO2. The van der Waals surface area contributed by atoms with Crippen LogP contribution in [0.2, 0.25) is 0 Å². The minimum Gasteiger partial charge on any atom is -0.496 e. The first kappa shape index (κ1) is 14.1. The van der Waals surface area contributed by atoms with Crippen LogP contribution in [0.25, 0.3) is 0 Å². The van der Waals surface area contributed by atoms with Crippen molar-refractivity contribution in [2.75, 3.05) is 21.2 Å². The Morgan fingerprint density at radius 3 is 2.74 bits per heavy atom. The standard InChI is InChI=1S/C16H23NO2/c1-5-14(18)11-9-10-15(19-4)12-7-6-8-13(16(11)12)17(2)3/h9-10,13H,5-8H2,1-4H3. The SMILES string of the molecule is CCC(=O)c1ccc(OC)c2c1C(N(C)C)CCC2. The van der Waals surface area contributed by atoms with Gasteiger partial charge in [-0.15, -0.1) is 0 Å². The summed E-state index contributed by atoms with van der Waals surface area (Å²) in [7, 11) is 5.87. The number of nitrogens with zero attached hydrogens (tertiary/aromatic N) is 1. The average Bonchev–Trinajstić information content (AvgIpc) is 2.44. The van der Waals surface area contributed by atoms with Crippen molar-refractivity contribution < 1.29 is 9.53 Å². The topological polar surface area (TPSA) is 29.5 Å². The van der Waals surface area contributed by atoms with Crippen molar-refractivity contribution in [1.29, 1.82) is 0 Å². The molecule has 0 N–H and O–H groups in total. The zero-order valence-corrected chi connectivity index (χ0v) is 12.3. The van der Waals surface area contributed by atoms with Gasteiger partial charge in [0.15, 0.2) is 5.78 Å². The Morgan fingerprint density at radius 2 is 2.16 bits per heavy atom. The quantitative estimate of drug-likeness (QED) is 0.779. The van der Waals surface area contributed by atoms with Crippen LogP contribution in [0.5, 0.6) is 5.75 Å². The Bertz CT molecular complexity index is 480. The van der Waals surface area contributed by atoms with Gasteiger partial charge >= 0.3 is 0 Å². The molecule has 0 fully saturated rings.